The maximum Gasteiger partial charge on any atom is 0.0811 e. The van der Waals surface area contributed by atoms with Gasteiger partial charge in [-0.25, -0.2) is 0 Å². The molecule has 7 atom stereocenters. The van der Waals surface area contributed by atoms with Gasteiger partial charge < -0.3 is 15.3 Å². The highest BCUT2D eigenvalue weighted by Crippen LogP contribution is 2.59. The molecule has 3 heteroatoms. The summed E-state index contributed by atoms with van der Waals surface area (Å²) in [5, 5.41) is 30.4. The van der Waals surface area contributed by atoms with Crippen LogP contribution in [0.4, 0.5) is 0 Å². The molecular weight excluding hydrogens is 384 g/mol. The van der Waals surface area contributed by atoms with Crippen molar-refractivity contribution in [2.45, 2.75) is 97.4 Å². The second kappa shape index (κ2) is 9.37. The van der Waals surface area contributed by atoms with Crippen molar-refractivity contribution in [3.05, 3.63) is 47.6 Å². The van der Waals surface area contributed by atoms with Crippen LogP contribution < -0.4 is 0 Å². The van der Waals surface area contributed by atoms with E-state index in [9.17, 15) is 15.3 Å². The summed E-state index contributed by atoms with van der Waals surface area (Å²) >= 11 is 0. The molecule has 4 unspecified atom stereocenters. The third kappa shape index (κ3) is 5.26. The molecule has 3 aliphatic rings. The van der Waals surface area contributed by atoms with Crippen molar-refractivity contribution in [1.29, 1.82) is 0 Å². The number of hydrogen-bond acceptors (Lipinski definition) is 3. The molecule has 0 bridgehead atoms. The second-order valence-corrected chi connectivity index (χ2v) is 11.4. The highest BCUT2D eigenvalue weighted by atomic mass is 16.3. The quantitative estimate of drug-likeness (QED) is 0.490. The Labute approximate surface area is 189 Å². The van der Waals surface area contributed by atoms with Gasteiger partial charge in [-0.05, 0) is 86.7 Å². The Morgan fingerprint density at radius 1 is 1.13 bits per heavy atom. The number of fused-ring (bicyclic) bond motifs is 1. The molecule has 174 valence electrons. The van der Waals surface area contributed by atoms with Crippen molar-refractivity contribution >= 4 is 0 Å². The second-order valence-electron chi connectivity index (χ2n) is 11.4. The van der Waals surface area contributed by atoms with E-state index < -0.39 is 17.8 Å². The third-order valence-electron chi connectivity index (χ3n) is 8.75. The van der Waals surface area contributed by atoms with Crippen LogP contribution in [0.3, 0.4) is 0 Å². The standard InChI is InChI=1S/C28H44O3/c1-18(9-10-19(2)27(4,5)31)24-13-14-25-21(8-7-15-28(24,25)6)11-12-22-16-23(29)17-26(30)20(22)3/h9-12,18-19,23-26,29-31H,3,7-8,13-17H2,1-2,4-6H3/b10-9+,21-11-,22-12+/t18-,19?,23+,24?,25?,26-,28?/m0/s1. The van der Waals surface area contributed by atoms with E-state index in [4.69, 9.17) is 0 Å². The number of hydrogen-bond donors (Lipinski definition) is 3. The molecule has 3 fully saturated rings. The molecule has 0 aromatic carbocycles. The SMILES string of the molecule is C=C1/C(=C/C=C2/CCCC3(C)C2CCC3[C@@H](C)/C=C/C(C)C(C)(C)O)C[C@@H](O)C[C@@H]1O. The zero-order valence-corrected chi connectivity index (χ0v) is 20.3. The van der Waals surface area contributed by atoms with Crippen LogP contribution in [-0.2, 0) is 0 Å². The summed E-state index contributed by atoms with van der Waals surface area (Å²) < 4.78 is 0. The van der Waals surface area contributed by atoms with Crippen molar-refractivity contribution in [1.82, 2.24) is 0 Å². The van der Waals surface area contributed by atoms with E-state index in [1.807, 2.05) is 13.8 Å². The van der Waals surface area contributed by atoms with Crippen LogP contribution in [0.15, 0.2) is 47.6 Å². The van der Waals surface area contributed by atoms with Crippen molar-refractivity contribution in [2.75, 3.05) is 0 Å². The van der Waals surface area contributed by atoms with Gasteiger partial charge in [-0.1, -0.05) is 57.2 Å². The van der Waals surface area contributed by atoms with Crippen molar-refractivity contribution in [2.24, 2.45) is 29.1 Å². The lowest BCUT2D eigenvalue weighted by Gasteiger charge is -2.44. The molecule has 0 aromatic heterocycles. The Morgan fingerprint density at radius 2 is 1.84 bits per heavy atom. The number of allylic oxidation sites excluding steroid dienone is 4. The average Bonchev–Trinajstić information content (AvgIpc) is 3.04. The van der Waals surface area contributed by atoms with Crippen LogP contribution in [-0.4, -0.2) is 33.1 Å². The summed E-state index contributed by atoms with van der Waals surface area (Å²) in [6.07, 6.45) is 15.0. The first-order valence-electron chi connectivity index (χ1n) is 12.3. The molecule has 0 spiro atoms. The Morgan fingerprint density at radius 3 is 2.52 bits per heavy atom. The van der Waals surface area contributed by atoms with Gasteiger partial charge in [0.15, 0.2) is 0 Å². The fraction of sp³-hybridized carbons (Fsp3) is 0.714. The van der Waals surface area contributed by atoms with Gasteiger partial charge in [0.2, 0.25) is 0 Å². The number of aliphatic hydroxyl groups excluding tert-OH is 2. The molecule has 3 nitrogen and oxygen atoms in total. The number of rotatable bonds is 5. The van der Waals surface area contributed by atoms with E-state index in [0.717, 1.165) is 17.6 Å². The fourth-order valence-corrected chi connectivity index (χ4v) is 6.32. The van der Waals surface area contributed by atoms with E-state index in [2.05, 4.69) is 51.7 Å². The molecule has 3 rings (SSSR count). The minimum Gasteiger partial charge on any atom is -0.393 e. The normalized spacial score (nSPS) is 39.3. The minimum atomic E-state index is -0.684. The van der Waals surface area contributed by atoms with Gasteiger partial charge in [0.25, 0.3) is 0 Å². The van der Waals surface area contributed by atoms with E-state index in [-0.39, 0.29) is 5.92 Å². The van der Waals surface area contributed by atoms with Gasteiger partial charge in [-0.3, -0.25) is 0 Å². The maximum atomic E-state index is 10.3. The van der Waals surface area contributed by atoms with Crippen LogP contribution in [0.1, 0.15) is 79.6 Å². The van der Waals surface area contributed by atoms with E-state index in [1.54, 1.807) is 0 Å². The molecule has 3 aliphatic carbocycles. The van der Waals surface area contributed by atoms with Gasteiger partial charge in [-0.15, -0.1) is 0 Å². The molecular formula is C28H44O3. The molecule has 3 N–H and O–H groups in total. The zero-order valence-electron chi connectivity index (χ0n) is 20.3. The highest BCUT2D eigenvalue weighted by Gasteiger charge is 2.50. The summed E-state index contributed by atoms with van der Waals surface area (Å²) in [7, 11) is 0. The molecule has 0 radical (unpaired) electrons. The Balaban J connectivity index is 1.76. The fourth-order valence-electron chi connectivity index (χ4n) is 6.32. The Hall–Kier alpha value is -1.16. The largest absolute Gasteiger partial charge is 0.393 e. The van der Waals surface area contributed by atoms with Crippen LogP contribution in [0.25, 0.3) is 0 Å². The first-order valence-corrected chi connectivity index (χ1v) is 12.3. The predicted molar refractivity (Wildman–Crippen MR) is 128 cm³/mol. The average molecular weight is 429 g/mol. The van der Waals surface area contributed by atoms with E-state index in [0.29, 0.717) is 36.0 Å². The van der Waals surface area contributed by atoms with E-state index in [1.165, 1.54) is 31.3 Å². The molecule has 0 aromatic rings. The number of aliphatic hydroxyl groups is 3. The van der Waals surface area contributed by atoms with Gasteiger partial charge >= 0.3 is 0 Å². The summed E-state index contributed by atoms with van der Waals surface area (Å²) in [6.45, 7) is 14.7. The Kier molecular flexibility index (Phi) is 7.40. The van der Waals surface area contributed by atoms with Crippen molar-refractivity contribution < 1.29 is 15.3 Å². The van der Waals surface area contributed by atoms with Gasteiger partial charge in [0.1, 0.15) is 0 Å². The molecule has 31 heavy (non-hydrogen) atoms. The minimum absolute atomic E-state index is 0.141. The predicted octanol–water partition coefficient (Wildman–Crippen LogP) is 5.73. The first-order chi connectivity index (χ1) is 14.4. The van der Waals surface area contributed by atoms with Gasteiger partial charge in [0.05, 0.1) is 17.8 Å². The van der Waals surface area contributed by atoms with Crippen LogP contribution >= 0.6 is 0 Å². The molecule has 3 saturated carbocycles. The maximum absolute atomic E-state index is 10.3. The smallest absolute Gasteiger partial charge is 0.0811 e. The van der Waals surface area contributed by atoms with Crippen LogP contribution in [0.2, 0.25) is 0 Å². The molecule has 0 heterocycles. The summed E-state index contributed by atoms with van der Waals surface area (Å²) in [5.74, 6) is 1.91. The van der Waals surface area contributed by atoms with Gasteiger partial charge in [-0.2, -0.15) is 0 Å². The molecule has 0 aliphatic heterocycles. The Bertz CT molecular complexity index is 753. The zero-order chi connectivity index (χ0) is 23.0. The third-order valence-corrected chi connectivity index (χ3v) is 8.75. The van der Waals surface area contributed by atoms with Gasteiger partial charge in [0, 0.05) is 12.3 Å². The molecule has 0 amide bonds. The first kappa shape index (κ1) is 24.5. The topological polar surface area (TPSA) is 60.7 Å². The lowest BCUT2D eigenvalue weighted by atomic mass is 9.61. The summed E-state index contributed by atoms with van der Waals surface area (Å²) in [5.41, 5.74) is 2.93. The molecule has 0 saturated heterocycles. The highest BCUT2D eigenvalue weighted by molar-refractivity contribution is 5.38. The van der Waals surface area contributed by atoms with E-state index >= 15 is 0 Å². The van der Waals surface area contributed by atoms with Crippen LogP contribution in [0, 0.1) is 29.1 Å². The lowest BCUT2D eigenvalue weighted by molar-refractivity contribution is 0.0436. The van der Waals surface area contributed by atoms with Crippen molar-refractivity contribution in [3.8, 4) is 0 Å². The summed E-state index contributed by atoms with van der Waals surface area (Å²) in [6, 6.07) is 0. The van der Waals surface area contributed by atoms with Crippen molar-refractivity contribution in [3.63, 3.8) is 0 Å². The summed E-state index contributed by atoms with van der Waals surface area (Å²) in [4.78, 5) is 0. The monoisotopic (exact) mass is 428 g/mol. The lowest BCUT2D eigenvalue weighted by Crippen LogP contribution is -2.35. The van der Waals surface area contributed by atoms with Crippen LogP contribution in [0.5, 0.6) is 0 Å².